The number of hydrogen-bond acceptors (Lipinski definition) is 6. The molecule has 0 radical (unpaired) electrons. The van der Waals surface area contributed by atoms with E-state index in [1.54, 1.807) is 6.92 Å². The first-order valence-corrected chi connectivity index (χ1v) is 7.75. The lowest BCUT2D eigenvalue weighted by molar-refractivity contribution is -0.385. The molecule has 0 bridgehead atoms. The zero-order valence-electron chi connectivity index (χ0n) is 11.7. The maximum atomic E-state index is 10.8. The number of benzene rings is 1. The van der Waals surface area contributed by atoms with Gasteiger partial charge in [0.2, 0.25) is 0 Å². The summed E-state index contributed by atoms with van der Waals surface area (Å²) in [7, 11) is 0. The minimum absolute atomic E-state index is 0.146. The highest BCUT2D eigenvalue weighted by molar-refractivity contribution is 7.08. The first-order valence-electron chi connectivity index (χ1n) is 6.43. The zero-order valence-corrected chi connectivity index (χ0v) is 13.3. The topological polar surface area (TPSA) is 95.6 Å². The lowest BCUT2D eigenvalue weighted by Gasteiger charge is -2.23. The smallest absolute Gasteiger partial charge is 0.312 e. The molecule has 1 heterocycles. The predicted molar refractivity (Wildman–Crippen MR) is 85.4 cm³/mol. The van der Waals surface area contributed by atoms with Crippen molar-refractivity contribution in [3.05, 3.63) is 55.2 Å². The van der Waals surface area contributed by atoms with Crippen molar-refractivity contribution in [1.29, 1.82) is 0 Å². The van der Waals surface area contributed by atoms with Crippen LogP contribution in [0.25, 0.3) is 0 Å². The third-order valence-electron chi connectivity index (χ3n) is 3.26. The Morgan fingerprint density at radius 1 is 1.50 bits per heavy atom. The Labute approximate surface area is 136 Å². The van der Waals surface area contributed by atoms with E-state index in [4.69, 9.17) is 11.6 Å². The summed E-state index contributed by atoms with van der Waals surface area (Å²) in [6.45, 7) is 2.04. The molecule has 0 saturated heterocycles. The summed E-state index contributed by atoms with van der Waals surface area (Å²) in [6, 6.07) is 4.38. The molecule has 0 amide bonds. The Hall–Kier alpha value is -1.67. The van der Waals surface area contributed by atoms with Crippen molar-refractivity contribution >= 4 is 28.6 Å². The number of rotatable bonds is 6. The molecule has 1 aromatic heterocycles. The molecule has 2 rings (SSSR count). The molecule has 0 aliphatic carbocycles. The fourth-order valence-corrected chi connectivity index (χ4v) is 3.05. The van der Waals surface area contributed by atoms with Crippen LogP contribution >= 0.6 is 22.9 Å². The minimum Gasteiger partial charge on any atom is -0.502 e. The van der Waals surface area contributed by atoms with Crippen molar-refractivity contribution in [3.8, 4) is 5.75 Å². The number of phenols is 1. The standard InChI is InChI=1S/C14H15ClN2O4S/c1-14(19,10-2-3-22-7-10)8-16-6-9-4-11(15)5-12(13(9)18)17(20)21/h2-5,7,16,18-19H,6,8H2,1H3. The second kappa shape index (κ2) is 6.62. The Balaban J connectivity index is 2.08. The molecule has 1 unspecified atom stereocenters. The van der Waals surface area contributed by atoms with Crippen LogP contribution in [0.4, 0.5) is 5.69 Å². The van der Waals surface area contributed by atoms with Crippen LogP contribution in [0.2, 0.25) is 5.02 Å². The molecule has 118 valence electrons. The summed E-state index contributed by atoms with van der Waals surface area (Å²) in [5.74, 6) is -0.419. The second-order valence-corrected chi connectivity index (χ2v) is 6.30. The number of halogens is 1. The van der Waals surface area contributed by atoms with Crippen LogP contribution in [0.3, 0.4) is 0 Å². The average Bonchev–Trinajstić information content (AvgIpc) is 2.96. The van der Waals surface area contributed by atoms with Crippen molar-refractivity contribution in [3.63, 3.8) is 0 Å². The molecule has 1 aromatic carbocycles. The molecule has 0 fully saturated rings. The van der Waals surface area contributed by atoms with Crippen molar-refractivity contribution < 1.29 is 15.1 Å². The lowest BCUT2D eigenvalue weighted by Crippen LogP contribution is -2.34. The number of aliphatic hydroxyl groups is 1. The first-order chi connectivity index (χ1) is 10.3. The van der Waals surface area contributed by atoms with Crippen LogP contribution in [-0.4, -0.2) is 21.7 Å². The third-order valence-corrected chi connectivity index (χ3v) is 4.16. The van der Waals surface area contributed by atoms with Crippen LogP contribution < -0.4 is 5.32 Å². The van der Waals surface area contributed by atoms with Gasteiger partial charge >= 0.3 is 5.69 Å². The fraction of sp³-hybridized carbons (Fsp3) is 0.286. The number of thiophene rings is 1. The highest BCUT2D eigenvalue weighted by atomic mass is 35.5. The first kappa shape index (κ1) is 16.7. The Morgan fingerprint density at radius 3 is 2.82 bits per heavy atom. The molecule has 0 saturated carbocycles. The quantitative estimate of drug-likeness (QED) is 0.554. The number of nitro benzene ring substituents is 1. The molecule has 22 heavy (non-hydrogen) atoms. The Bertz CT molecular complexity index is 674. The fourth-order valence-electron chi connectivity index (χ4n) is 2.03. The maximum absolute atomic E-state index is 10.8. The highest BCUT2D eigenvalue weighted by Crippen LogP contribution is 2.33. The van der Waals surface area contributed by atoms with Gasteiger partial charge in [-0.2, -0.15) is 11.3 Å². The molecule has 0 aliphatic heterocycles. The highest BCUT2D eigenvalue weighted by Gasteiger charge is 2.24. The Morgan fingerprint density at radius 2 is 2.23 bits per heavy atom. The number of nitrogens with one attached hydrogen (secondary N) is 1. The van der Waals surface area contributed by atoms with Crippen molar-refractivity contribution in [1.82, 2.24) is 5.32 Å². The van der Waals surface area contributed by atoms with Gasteiger partial charge in [0, 0.05) is 29.7 Å². The molecule has 3 N–H and O–H groups in total. The molecule has 2 aromatic rings. The van der Waals surface area contributed by atoms with Crippen molar-refractivity contribution in [2.24, 2.45) is 0 Å². The minimum atomic E-state index is -1.07. The third kappa shape index (κ3) is 3.75. The van der Waals surface area contributed by atoms with Gasteiger partial charge in [-0.25, -0.2) is 0 Å². The van der Waals surface area contributed by atoms with Crippen molar-refractivity contribution in [2.45, 2.75) is 19.1 Å². The van der Waals surface area contributed by atoms with Crippen LogP contribution in [-0.2, 0) is 12.1 Å². The van der Waals surface area contributed by atoms with E-state index in [1.165, 1.54) is 17.4 Å². The van der Waals surface area contributed by atoms with Gasteiger partial charge in [0.25, 0.3) is 0 Å². The van der Waals surface area contributed by atoms with Crippen LogP contribution in [0.5, 0.6) is 5.75 Å². The van der Waals surface area contributed by atoms with Crippen molar-refractivity contribution in [2.75, 3.05) is 6.54 Å². The molecular weight excluding hydrogens is 328 g/mol. The van der Waals surface area contributed by atoms with Gasteiger partial charge in [0.05, 0.1) is 10.5 Å². The van der Waals surface area contributed by atoms with E-state index in [0.717, 1.165) is 11.6 Å². The summed E-state index contributed by atoms with van der Waals surface area (Å²) in [6.07, 6.45) is 0. The van der Waals surface area contributed by atoms with Crippen LogP contribution in [0.15, 0.2) is 29.0 Å². The van der Waals surface area contributed by atoms with Gasteiger partial charge in [-0.1, -0.05) is 11.6 Å². The molecular formula is C14H15ClN2O4S. The van der Waals surface area contributed by atoms with Crippen LogP contribution in [0, 0.1) is 10.1 Å². The summed E-state index contributed by atoms with van der Waals surface area (Å²) >= 11 is 7.31. The van der Waals surface area contributed by atoms with Gasteiger partial charge in [-0.3, -0.25) is 10.1 Å². The zero-order chi connectivity index (χ0) is 16.3. The second-order valence-electron chi connectivity index (χ2n) is 5.08. The number of phenolic OH excluding ortho intramolecular Hbond substituents is 1. The SMILES string of the molecule is CC(O)(CNCc1cc(Cl)cc([N+](=O)[O-])c1O)c1ccsc1. The summed E-state index contributed by atoms with van der Waals surface area (Å²) in [5, 5.41) is 38.0. The monoisotopic (exact) mass is 342 g/mol. The molecule has 1 atom stereocenters. The van der Waals surface area contributed by atoms with Gasteiger partial charge in [-0.15, -0.1) is 0 Å². The van der Waals surface area contributed by atoms with E-state index in [1.807, 2.05) is 16.8 Å². The van der Waals surface area contributed by atoms with Crippen LogP contribution in [0.1, 0.15) is 18.1 Å². The molecule has 0 aliphatic rings. The predicted octanol–water partition coefficient (Wildman–Crippen LogP) is 3.01. The van der Waals surface area contributed by atoms with Gasteiger partial charge < -0.3 is 15.5 Å². The van der Waals surface area contributed by atoms with E-state index in [2.05, 4.69) is 5.32 Å². The van der Waals surface area contributed by atoms with E-state index in [-0.39, 0.29) is 18.1 Å². The van der Waals surface area contributed by atoms with Gasteiger partial charge in [-0.05, 0) is 35.4 Å². The van der Waals surface area contributed by atoms with E-state index >= 15 is 0 Å². The van der Waals surface area contributed by atoms with E-state index in [9.17, 15) is 20.3 Å². The number of hydrogen-bond donors (Lipinski definition) is 3. The number of aromatic hydroxyl groups is 1. The van der Waals surface area contributed by atoms with Gasteiger partial charge in [0.1, 0.15) is 0 Å². The summed E-state index contributed by atoms with van der Waals surface area (Å²) in [4.78, 5) is 10.2. The van der Waals surface area contributed by atoms with Gasteiger partial charge in [0.15, 0.2) is 5.75 Å². The molecule has 0 spiro atoms. The number of nitro groups is 1. The summed E-state index contributed by atoms with van der Waals surface area (Å²) in [5.41, 5.74) is -0.416. The maximum Gasteiger partial charge on any atom is 0.312 e. The van der Waals surface area contributed by atoms with E-state index < -0.39 is 22.0 Å². The van der Waals surface area contributed by atoms with E-state index in [0.29, 0.717) is 5.56 Å². The number of nitrogens with zero attached hydrogens (tertiary/aromatic N) is 1. The Kier molecular flexibility index (Phi) is 5.02. The summed E-state index contributed by atoms with van der Waals surface area (Å²) < 4.78 is 0. The normalized spacial score (nSPS) is 13.8. The lowest BCUT2D eigenvalue weighted by atomic mass is 9.99. The largest absolute Gasteiger partial charge is 0.502 e. The molecule has 8 heteroatoms. The average molecular weight is 343 g/mol. The molecule has 6 nitrogen and oxygen atoms in total.